The van der Waals surface area contributed by atoms with Gasteiger partial charge in [0.1, 0.15) is 17.9 Å². The number of halogens is 4. The third kappa shape index (κ3) is 3.31. The fraction of sp³-hybridized carbons (Fsp3) is 0.200. The molecule has 0 saturated heterocycles. The number of nitrogens with one attached hydrogen (secondary N) is 1. The maximum absolute atomic E-state index is 14.4. The lowest BCUT2D eigenvalue weighted by Gasteiger charge is -2.14. The highest BCUT2D eigenvalue weighted by molar-refractivity contribution is 5.79. The summed E-state index contributed by atoms with van der Waals surface area (Å²) in [6, 6.07) is 3.83. The maximum Gasteiger partial charge on any atom is 0.417 e. The Bertz CT molecular complexity index is 1290. The predicted octanol–water partition coefficient (Wildman–Crippen LogP) is 3.89. The van der Waals surface area contributed by atoms with E-state index in [1.807, 2.05) is 0 Å². The van der Waals surface area contributed by atoms with Crippen LogP contribution in [0.1, 0.15) is 16.7 Å². The predicted molar refractivity (Wildman–Crippen MR) is 102 cm³/mol. The van der Waals surface area contributed by atoms with E-state index in [2.05, 4.69) is 25.5 Å². The van der Waals surface area contributed by atoms with Crippen molar-refractivity contribution in [3.63, 3.8) is 0 Å². The minimum atomic E-state index is -4.57. The summed E-state index contributed by atoms with van der Waals surface area (Å²) in [5, 5.41) is 10.8. The van der Waals surface area contributed by atoms with Crippen LogP contribution in [0.2, 0.25) is 0 Å². The van der Waals surface area contributed by atoms with Gasteiger partial charge in [-0.1, -0.05) is 0 Å². The molecule has 0 aliphatic carbocycles. The van der Waals surface area contributed by atoms with Crippen molar-refractivity contribution in [2.45, 2.75) is 19.1 Å². The van der Waals surface area contributed by atoms with E-state index in [1.165, 1.54) is 23.0 Å². The van der Waals surface area contributed by atoms with Gasteiger partial charge in [0.2, 0.25) is 5.95 Å². The summed E-state index contributed by atoms with van der Waals surface area (Å²) in [6.07, 6.45) is 0.816. The second-order valence-corrected chi connectivity index (χ2v) is 6.89. The van der Waals surface area contributed by atoms with Gasteiger partial charge < -0.3 is 10.1 Å². The number of hydrogen-bond donors (Lipinski definition) is 1. The number of rotatable bonds is 4. The summed E-state index contributed by atoms with van der Waals surface area (Å²) in [6.45, 7) is 0.597. The Morgan fingerprint density at radius 1 is 1.13 bits per heavy atom. The molecule has 0 atom stereocenters. The van der Waals surface area contributed by atoms with E-state index in [-0.39, 0.29) is 35.1 Å². The third-order valence-electron chi connectivity index (χ3n) is 5.11. The van der Waals surface area contributed by atoms with Gasteiger partial charge in [0.15, 0.2) is 5.65 Å². The standard InChI is InChI=1S/C20H14F4N6O/c21-16-1-2-17-11(4-6-31-17)13(16)8-26-19-27-9-14(18-29-28-10-30(18)19)12-7-25-5-3-15(12)20(22,23)24/h1-3,5,7,9-10H,4,6,8H2,(H,26,27). The maximum atomic E-state index is 14.4. The van der Waals surface area contributed by atoms with Gasteiger partial charge in [0.05, 0.1) is 12.2 Å². The molecule has 4 heterocycles. The molecule has 0 saturated carbocycles. The highest BCUT2D eigenvalue weighted by Crippen LogP contribution is 2.37. The zero-order chi connectivity index (χ0) is 21.6. The molecule has 4 aromatic rings. The Morgan fingerprint density at radius 2 is 2.00 bits per heavy atom. The van der Waals surface area contributed by atoms with Gasteiger partial charge in [-0.15, -0.1) is 10.2 Å². The van der Waals surface area contributed by atoms with Crippen LogP contribution >= 0.6 is 0 Å². The molecule has 1 aliphatic heterocycles. The molecule has 11 heteroatoms. The molecule has 1 aromatic carbocycles. The third-order valence-corrected chi connectivity index (χ3v) is 5.11. The average Bonchev–Trinajstić information content (AvgIpc) is 3.42. The number of aromatic nitrogens is 5. The first kappa shape index (κ1) is 19.2. The molecule has 0 radical (unpaired) electrons. The van der Waals surface area contributed by atoms with Crippen molar-refractivity contribution in [1.82, 2.24) is 24.6 Å². The smallest absolute Gasteiger partial charge is 0.417 e. The largest absolute Gasteiger partial charge is 0.493 e. The molecule has 1 N–H and O–H groups in total. The fourth-order valence-corrected chi connectivity index (χ4v) is 3.67. The van der Waals surface area contributed by atoms with Crippen LogP contribution in [0.4, 0.5) is 23.5 Å². The second-order valence-electron chi connectivity index (χ2n) is 6.89. The molecule has 0 bridgehead atoms. The van der Waals surface area contributed by atoms with Gasteiger partial charge in [-0.05, 0) is 18.2 Å². The normalized spacial score (nSPS) is 13.3. The van der Waals surface area contributed by atoms with Crippen LogP contribution in [0.25, 0.3) is 16.8 Å². The van der Waals surface area contributed by atoms with Crippen molar-refractivity contribution >= 4 is 11.6 Å². The van der Waals surface area contributed by atoms with Crippen LogP contribution in [0.3, 0.4) is 0 Å². The van der Waals surface area contributed by atoms with Crippen molar-refractivity contribution in [2.75, 3.05) is 11.9 Å². The lowest BCUT2D eigenvalue weighted by Crippen LogP contribution is -2.11. The topological polar surface area (TPSA) is 77.2 Å². The lowest BCUT2D eigenvalue weighted by molar-refractivity contribution is -0.137. The lowest BCUT2D eigenvalue weighted by atomic mass is 10.0. The number of fused-ring (bicyclic) bond motifs is 2. The molecule has 7 nitrogen and oxygen atoms in total. The Kier molecular flexibility index (Phi) is 4.45. The Hall–Kier alpha value is -3.76. The molecule has 0 amide bonds. The van der Waals surface area contributed by atoms with Crippen molar-refractivity contribution in [3.8, 4) is 16.9 Å². The van der Waals surface area contributed by atoms with E-state index in [0.29, 0.717) is 24.3 Å². The number of hydrogen-bond acceptors (Lipinski definition) is 6. The van der Waals surface area contributed by atoms with Crippen molar-refractivity contribution in [1.29, 1.82) is 0 Å². The van der Waals surface area contributed by atoms with E-state index in [9.17, 15) is 17.6 Å². The number of nitrogens with zero attached hydrogens (tertiary/aromatic N) is 5. The number of pyridine rings is 1. The van der Waals surface area contributed by atoms with Crippen LogP contribution in [0.15, 0.2) is 43.1 Å². The van der Waals surface area contributed by atoms with Gasteiger partial charge in [0.25, 0.3) is 0 Å². The molecule has 0 unspecified atom stereocenters. The van der Waals surface area contributed by atoms with E-state index in [4.69, 9.17) is 4.74 Å². The van der Waals surface area contributed by atoms with Gasteiger partial charge in [-0.3, -0.25) is 9.38 Å². The van der Waals surface area contributed by atoms with Gasteiger partial charge >= 0.3 is 6.18 Å². The summed E-state index contributed by atoms with van der Waals surface area (Å²) in [5.74, 6) is 0.530. The quantitative estimate of drug-likeness (QED) is 0.495. The van der Waals surface area contributed by atoms with Crippen molar-refractivity contribution in [3.05, 3.63) is 65.6 Å². The first-order valence-corrected chi connectivity index (χ1v) is 9.30. The molecule has 0 spiro atoms. The highest BCUT2D eigenvalue weighted by atomic mass is 19.4. The Morgan fingerprint density at radius 3 is 2.84 bits per heavy atom. The number of benzene rings is 1. The average molecular weight is 430 g/mol. The van der Waals surface area contributed by atoms with Crippen LogP contribution in [-0.2, 0) is 19.1 Å². The van der Waals surface area contributed by atoms with E-state index in [1.54, 1.807) is 6.07 Å². The zero-order valence-electron chi connectivity index (χ0n) is 15.8. The van der Waals surface area contributed by atoms with Crippen LogP contribution in [-0.4, -0.2) is 31.2 Å². The monoisotopic (exact) mass is 430 g/mol. The molecule has 158 valence electrons. The molecular weight excluding hydrogens is 416 g/mol. The summed E-state index contributed by atoms with van der Waals surface area (Å²) in [5.41, 5.74) is 0.526. The highest BCUT2D eigenvalue weighted by Gasteiger charge is 2.34. The molecular formula is C20H14F4N6O. The van der Waals surface area contributed by atoms with E-state index >= 15 is 0 Å². The first-order chi connectivity index (χ1) is 14.9. The number of ether oxygens (including phenoxy) is 1. The Labute approximate surface area is 172 Å². The summed E-state index contributed by atoms with van der Waals surface area (Å²) in [4.78, 5) is 8.05. The molecule has 3 aromatic heterocycles. The van der Waals surface area contributed by atoms with Gasteiger partial charge in [0, 0.05) is 53.8 Å². The summed E-state index contributed by atoms with van der Waals surface area (Å²) in [7, 11) is 0. The minimum Gasteiger partial charge on any atom is -0.493 e. The Balaban J connectivity index is 1.52. The van der Waals surface area contributed by atoms with Crippen molar-refractivity contribution in [2.24, 2.45) is 0 Å². The van der Waals surface area contributed by atoms with Crippen molar-refractivity contribution < 1.29 is 22.3 Å². The van der Waals surface area contributed by atoms with Gasteiger partial charge in [-0.2, -0.15) is 13.2 Å². The van der Waals surface area contributed by atoms with Crippen LogP contribution in [0, 0.1) is 5.82 Å². The molecule has 0 fully saturated rings. The fourth-order valence-electron chi connectivity index (χ4n) is 3.67. The molecule has 5 rings (SSSR count). The van der Waals surface area contributed by atoms with Crippen LogP contribution in [0.5, 0.6) is 5.75 Å². The SMILES string of the molecule is Fc1ccc2c(c1CNc1ncc(-c3cnccc3C(F)(F)F)c3nncn13)CCO2. The van der Waals surface area contributed by atoms with E-state index in [0.717, 1.165) is 24.0 Å². The number of anilines is 1. The molecule has 31 heavy (non-hydrogen) atoms. The van der Waals surface area contributed by atoms with E-state index < -0.39 is 11.7 Å². The first-order valence-electron chi connectivity index (χ1n) is 9.30. The summed E-state index contributed by atoms with van der Waals surface area (Å²) >= 11 is 0. The van der Waals surface area contributed by atoms with Gasteiger partial charge in [-0.25, -0.2) is 9.37 Å². The van der Waals surface area contributed by atoms with Crippen LogP contribution < -0.4 is 10.1 Å². The number of alkyl halides is 3. The minimum absolute atomic E-state index is 0.110. The second kappa shape index (κ2) is 7.18. The zero-order valence-corrected chi connectivity index (χ0v) is 15.8. The molecule has 1 aliphatic rings. The summed E-state index contributed by atoms with van der Waals surface area (Å²) < 4.78 is 61.6.